The van der Waals surface area contributed by atoms with E-state index >= 15 is 0 Å². The Labute approximate surface area is 153 Å². The highest BCUT2D eigenvalue weighted by Crippen LogP contribution is 2.40. The first-order chi connectivity index (χ1) is 12.3. The molecule has 2 fully saturated rings. The molecule has 26 heavy (non-hydrogen) atoms. The van der Waals surface area contributed by atoms with E-state index in [4.69, 9.17) is 4.74 Å². The molecule has 3 rings (SSSR count). The Bertz CT molecular complexity index is 582. The van der Waals surface area contributed by atoms with Crippen molar-refractivity contribution in [2.45, 2.75) is 70.6 Å². The molecule has 0 spiro atoms. The average molecular weight is 372 g/mol. The third-order valence-corrected chi connectivity index (χ3v) is 6.17. The first-order valence-corrected chi connectivity index (χ1v) is 9.78. The van der Waals surface area contributed by atoms with Crippen molar-refractivity contribution in [1.29, 1.82) is 0 Å². The Morgan fingerprint density at radius 2 is 1.69 bits per heavy atom. The second-order valence-corrected chi connectivity index (χ2v) is 8.15. The standard InChI is InChI=1S/C21H28F4O/c1-14-2-4-15(5-3-14)18-8-9-20(26-13-18)17-7-6-16(19(22)12-17)10-11-21(23,24)25/h6-7,12,14-15,18,20H,2-5,8-11,13H2,1H3. The van der Waals surface area contributed by atoms with Gasteiger partial charge in [-0.15, -0.1) is 0 Å². The second kappa shape index (κ2) is 8.28. The van der Waals surface area contributed by atoms with Crippen LogP contribution in [-0.2, 0) is 11.2 Å². The lowest BCUT2D eigenvalue weighted by molar-refractivity contribution is -0.134. The van der Waals surface area contributed by atoms with Crippen LogP contribution >= 0.6 is 0 Å². The van der Waals surface area contributed by atoms with Crippen LogP contribution in [0.5, 0.6) is 0 Å². The Hall–Kier alpha value is -1.10. The first-order valence-electron chi connectivity index (χ1n) is 9.78. The van der Waals surface area contributed by atoms with Gasteiger partial charge in [-0.2, -0.15) is 13.2 Å². The summed E-state index contributed by atoms with van der Waals surface area (Å²) < 4.78 is 57.1. The number of hydrogen-bond acceptors (Lipinski definition) is 1. The molecule has 0 amide bonds. The lowest BCUT2D eigenvalue weighted by atomic mass is 9.74. The number of hydrogen-bond donors (Lipinski definition) is 0. The van der Waals surface area contributed by atoms with Crippen LogP contribution in [0.2, 0.25) is 0 Å². The molecule has 1 aromatic rings. The smallest absolute Gasteiger partial charge is 0.373 e. The van der Waals surface area contributed by atoms with Gasteiger partial charge in [-0.25, -0.2) is 4.39 Å². The van der Waals surface area contributed by atoms with Gasteiger partial charge in [-0.1, -0.05) is 31.9 Å². The molecule has 0 N–H and O–H groups in total. The Morgan fingerprint density at radius 1 is 1.00 bits per heavy atom. The minimum Gasteiger partial charge on any atom is -0.373 e. The molecule has 1 aliphatic heterocycles. The fraction of sp³-hybridized carbons (Fsp3) is 0.714. The van der Waals surface area contributed by atoms with E-state index in [9.17, 15) is 17.6 Å². The summed E-state index contributed by atoms with van der Waals surface area (Å²) in [7, 11) is 0. The minimum absolute atomic E-state index is 0.121. The molecule has 0 radical (unpaired) electrons. The average Bonchev–Trinajstić information content (AvgIpc) is 2.61. The van der Waals surface area contributed by atoms with E-state index in [1.54, 1.807) is 6.07 Å². The minimum atomic E-state index is -4.26. The Kier molecular flexibility index (Phi) is 6.26. The number of ether oxygens (including phenoxy) is 1. The molecule has 2 unspecified atom stereocenters. The molecule has 1 saturated carbocycles. The molecule has 1 heterocycles. The summed E-state index contributed by atoms with van der Waals surface area (Å²) in [6.45, 7) is 3.03. The zero-order valence-electron chi connectivity index (χ0n) is 15.3. The van der Waals surface area contributed by atoms with Gasteiger partial charge in [0, 0.05) is 6.42 Å². The summed E-state index contributed by atoms with van der Waals surface area (Å²) in [5.74, 6) is 1.62. The predicted octanol–water partition coefficient (Wildman–Crippen LogP) is 6.61. The monoisotopic (exact) mass is 372 g/mol. The van der Waals surface area contributed by atoms with Gasteiger partial charge in [0.15, 0.2) is 0 Å². The molecule has 1 nitrogen and oxygen atoms in total. The molecule has 5 heteroatoms. The van der Waals surface area contributed by atoms with Gasteiger partial charge >= 0.3 is 6.18 Å². The molecular weight excluding hydrogens is 344 g/mol. The fourth-order valence-electron chi connectivity index (χ4n) is 4.41. The first kappa shape index (κ1) is 19.7. The van der Waals surface area contributed by atoms with Crippen LogP contribution in [0.4, 0.5) is 17.6 Å². The van der Waals surface area contributed by atoms with E-state index in [2.05, 4.69) is 6.92 Å². The molecule has 0 aromatic heterocycles. The van der Waals surface area contributed by atoms with E-state index in [0.717, 1.165) is 30.2 Å². The normalized spacial score (nSPS) is 30.3. The maximum Gasteiger partial charge on any atom is 0.389 e. The van der Waals surface area contributed by atoms with Crippen LogP contribution < -0.4 is 0 Å². The highest BCUT2D eigenvalue weighted by Gasteiger charge is 2.31. The van der Waals surface area contributed by atoms with Crippen molar-refractivity contribution < 1.29 is 22.3 Å². The van der Waals surface area contributed by atoms with Crippen LogP contribution in [0.25, 0.3) is 0 Å². The van der Waals surface area contributed by atoms with Gasteiger partial charge < -0.3 is 4.74 Å². The molecule has 2 aliphatic rings. The molecule has 1 aliphatic carbocycles. The number of benzene rings is 1. The van der Waals surface area contributed by atoms with Crippen molar-refractivity contribution in [2.24, 2.45) is 17.8 Å². The van der Waals surface area contributed by atoms with Crippen molar-refractivity contribution >= 4 is 0 Å². The largest absolute Gasteiger partial charge is 0.389 e. The molecule has 2 atom stereocenters. The summed E-state index contributed by atoms with van der Waals surface area (Å²) in [5, 5.41) is 0. The van der Waals surface area contributed by atoms with E-state index in [1.165, 1.54) is 37.8 Å². The number of alkyl halides is 3. The SMILES string of the molecule is CC1CCC(C2CCC(c3ccc(CCC(F)(F)F)c(F)c3)OC2)CC1. The maximum atomic E-state index is 14.2. The number of rotatable bonds is 4. The quantitative estimate of drug-likeness (QED) is 0.540. The van der Waals surface area contributed by atoms with E-state index in [-0.39, 0.29) is 18.1 Å². The maximum absolute atomic E-state index is 14.2. The van der Waals surface area contributed by atoms with E-state index in [1.807, 2.05) is 0 Å². The van der Waals surface area contributed by atoms with Crippen molar-refractivity contribution in [2.75, 3.05) is 6.61 Å². The molecule has 146 valence electrons. The van der Waals surface area contributed by atoms with Crippen LogP contribution in [-0.4, -0.2) is 12.8 Å². The topological polar surface area (TPSA) is 9.23 Å². The summed E-state index contributed by atoms with van der Waals surface area (Å²) >= 11 is 0. The zero-order valence-corrected chi connectivity index (χ0v) is 15.3. The van der Waals surface area contributed by atoms with Gasteiger partial charge in [-0.05, 0) is 67.1 Å². The lowest BCUT2D eigenvalue weighted by Gasteiger charge is -2.37. The van der Waals surface area contributed by atoms with E-state index in [0.29, 0.717) is 12.5 Å². The predicted molar refractivity (Wildman–Crippen MR) is 93.3 cm³/mol. The van der Waals surface area contributed by atoms with Gasteiger partial charge in [-0.3, -0.25) is 0 Å². The van der Waals surface area contributed by atoms with Crippen molar-refractivity contribution in [3.05, 3.63) is 35.1 Å². The van der Waals surface area contributed by atoms with Crippen molar-refractivity contribution in [1.82, 2.24) is 0 Å². The summed E-state index contributed by atoms with van der Waals surface area (Å²) in [6, 6.07) is 4.56. The van der Waals surface area contributed by atoms with Gasteiger partial charge in [0.2, 0.25) is 0 Å². The molecule has 0 bridgehead atoms. The Balaban J connectivity index is 1.53. The summed E-state index contributed by atoms with van der Waals surface area (Å²) in [5.41, 5.74) is 0.866. The third-order valence-electron chi connectivity index (χ3n) is 6.17. The van der Waals surface area contributed by atoms with Crippen molar-refractivity contribution in [3.63, 3.8) is 0 Å². The number of aryl methyl sites for hydroxylation is 1. The third kappa shape index (κ3) is 5.21. The van der Waals surface area contributed by atoms with Crippen molar-refractivity contribution in [3.8, 4) is 0 Å². The molecule has 1 saturated heterocycles. The Morgan fingerprint density at radius 3 is 2.27 bits per heavy atom. The van der Waals surface area contributed by atoms with Crippen LogP contribution in [0.15, 0.2) is 18.2 Å². The molecule has 1 aromatic carbocycles. The summed E-state index contributed by atoms with van der Waals surface area (Å²) in [4.78, 5) is 0. The summed E-state index contributed by atoms with van der Waals surface area (Å²) in [6.07, 6.45) is 1.39. The van der Waals surface area contributed by atoms with E-state index < -0.39 is 18.4 Å². The van der Waals surface area contributed by atoms with Gasteiger partial charge in [0.1, 0.15) is 5.82 Å². The second-order valence-electron chi connectivity index (χ2n) is 8.15. The number of halogens is 4. The van der Waals surface area contributed by atoms with Gasteiger partial charge in [0.05, 0.1) is 12.7 Å². The zero-order chi connectivity index (χ0) is 18.7. The van der Waals surface area contributed by atoms with Crippen LogP contribution in [0.3, 0.4) is 0 Å². The van der Waals surface area contributed by atoms with Gasteiger partial charge in [0.25, 0.3) is 0 Å². The highest BCUT2D eigenvalue weighted by atomic mass is 19.4. The molecular formula is C21H28F4O. The highest BCUT2D eigenvalue weighted by molar-refractivity contribution is 5.26. The van der Waals surface area contributed by atoms with Crippen LogP contribution in [0, 0.1) is 23.6 Å². The lowest BCUT2D eigenvalue weighted by Crippen LogP contribution is -2.29. The fourth-order valence-corrected chi connectivity index (χ4v) is 4.41. The van der Waals surface area contributed by atoms with Crippen LogP contribution in [0.1, 0.15) is 69.1 Å².